The number of halogens is 2. The van der Waals surface area contributed by atoms with Crippen molar-refractivity contribution in [3.8, 4) is 0 Å². The van der Waals surface area contributed by atoms with Crippen LogP contribution in [0.5, 0.6) is 0 Å². The zero-order valence-electron chi connectivity index (χ0n) is 16.0. The number of aromatic nitrogens is 1. The van der Waals surface area contributed by atoms with Gasteiger partial charge < -0.3 is 21.1 Å². The average molecular weight is 452 g/mol. The Morgan fingerprint density at radius 2 is 1.89 bits per heavy atom. The molecule has 1 aromatic heterocycles. The number of amides is 1. The number of carbonyl (C=O) groups excluding carboxylic acids is 1. The Morgan fingerprint density at radius 1 is 1.14 bits per heavy atom. The first-order chi connectivity index (χ1) is 12.6. The summed E-state index contributed by atoms with van der Waals surface area (Å²) in [5.74, 6) is 0.312. The summed E-state index contributed by atoms with van der Waals surface area (Å²) in [6, 6.07) is 0.655. The minimum Gasteiger partial charge on any atom is -0.381 e. The molecule has 2 atom stereocenters. The number of carbonyl (C=O) groups is 1. The lowest BCUT2D eigenvalue weighted by molar-refractivity contribution is -0.137. The Kier molecular flexibility index (Phi) is 8.79. The molecule has 1 amide bonds. The summed E-state index contributed by atoms with van der Waals surface area (Å²) in [5.41, 5.74) is 13.2. The minimum atomic E-state index is 0. The molecule has 3 aliphatic heterocycles. The molecule has 7 nitrogen and oxygen atoms in total. The van der Waals surface area contributed by atoms with Gasteiger partial charge in [-0.1, -0.05) is 0 Å². The predicted octanol–water partition coefficient (Wildman–Crippen LogP) is 1.67. The second-order valence-electron chi connectivity index (χ2n) is 7.76. The monoisotopic (exact) mass is 451 g/mol. The maximum Gasteiger partial charge on any atom is 0.227 e. The van der Waals surface area contributed by atoms with Gasteiger partial charge in [0.1, 0.15) is 0 Å². The topological polar surface area (TPSA) is 97.7 Å². The molecule has 2 fully saturated rings. The second kappa shape index (κ2) is 10.4. The molecule has 0 unspecified atom stereocenters. The highest BCUT2D eigenvalue weighted by atomic mass is 35.5. The lowest BCUT2D eigenvalue weighted by Crippen LogP contribution is -2.48. The summed E-state index contributed by atoms with van der Waals surface area (Å²) in [6.07, 6.45) is 4.70. The van der Waals surface area contributed by atoms with Crippen LogP contribution in [0.3, 0.4) is 0 Å². The van der Waals surface area contributed by atoms with Crippen molar-refractivity contribution in [1.82, 2.24) is 14.8 Å². The van der Waals surface area contributed by atoms with E-state index >= 15 is 0 Å². The number of nitrogen functional groups attached to an aromatic ring is 1. The second-order valence-corrected chi connectivity index (χ2v) is 8.88. The number of fused-ring (bicyclic) bond motifs is 1. The largest absolute Gasteiger partial charge is 0.381 e. The van der Waals surface area contributed by atoms with E-state index in [1.54, 1.807) is 0 Å². The summed E-state index contributed by atoms with van der Waals surface area (Å²) in [5, 5.41) is 0.607. The van der Waals surface area contributed by atoms with Gasteiger partial charge in [0, 0.05) is 56.2 Å². The summed E-state index contributed by atoms with van der Waals surface area (Å²) in [6.45, 7) is 4.75. The van der Waals surface area contributed by atoms with Crippen LogP contribution >= 0.6 is 36.2 Å². The van der Waals surface area contributed by atoms with E-state index in [-0.39, 0.29) is 42.7 Å². The van der Waals surface area contributed by atoms with Gasteiger partial charge in [-0.25, -0.2) is 4.98 Å². The zero-order chi connectivity index (χ0) is 18.1. The van der Waals surface area contributed by atoms with E-state index in [4.69, 9.17) is 16.2 Å². The highest BCUT2D eigenvalue weighted by Crippen LogP contribution is 2.29. The van der Waals surface area contributed by atoms with Crippen LogP contribution in [0.15, 0.2) is 0 Å². The van der Waals surface area contributed by atoms with E-state index in [1.807, 2.05) is 4.90 Å². The Hall–Kier alpha value is -0.640. The molecule has 0 spiro atoms. The standard InChI is InChI=1S/C18H29N5O2S.2ClH/c19-13-2-1-12(9-23(10-13)14-4-7-25-8-5-14)17(24)22-6-3-15-16(11-22)26-18(20)21-15;;/h12-14H,1-11,19H2,(H2,20,21);2*1H/t12-,13+;;/m1../s1. The van der Waals surface area contributed by atoms with Crippen LogP contribution in [0.25, 0.3) is 0 Å². The van der Waals surface area contributed by atoms with Gasteiger partial charge in [0.05, 0.1) is 18.2 Å². The third-order valence-corrected chi connectivity index (χ3v) is 6.84. The Labute approximate surface area is 183 Å². The highest BCUT2D eigenvalue weighted by Gasteiger charge is 2.34. The average Bonchev–Trinajstić information content (AvgIpc) is 2.91. The highest BCUT2D eigenvalue weighted by molar-refractivity contribution is 7.15. The van der Waals surface area contributed by atoms with Gasteiger partial charge in [0.15, 0.2) is 5.13 Å². The maximum atomic E-state index is 13.2. The predicted molar refractivity (Wildman–Crippen MR) is 116 cm³/mol. The molecule has 160 valence electrons. The molecule has 0 radical (unpaired) electrons. The van der Waals surface area contributed by atoms with Crippen LogP contribution in [0.1, 0.15) is 36.3 Å². The number of likely N-dealkylation sites (tertiary alicyclic amines) is 1. The quantitative estimate of drug-likeness (QED) is 0.709. The van der Waals surface area contributed by atoms with Crippen LogP contribution < -0.4 is 11.5 Å². The molecule has 0 bridgehead atoms. The lowest BCUT2D eigenvalue weighted by atomic mass is 9.98. The number of hydrogen-bond acceptors (Lipinski definition) is 7. The number of nitrogens with two attached hydrogens (primary N) is 2. The molecule has 0 aromatic carbocycles. The number of rotatable bonds is 2. The van der Waals surface area contributed by atoms with E-state index in [0.29, 0.717) is 17.7 Å². The fourth-order valence-electron chi connectivity index (χ4n) is 4.47. The molecule has 1 aromatic rings. The third-order valence-electron chi connectivity index (χ3n) is 5.93. The van der Waals surface area contributed by atoms with Crippen molar-refractivity contribution >= 4 is 47.2 Å². The molecule has 0 saturated carbocycles. The normalized spacial score (nSPS) is 26.5. The molecule has 3 aliphatic rings. The van der Waals surface area contributed by atoms with Crippen LogP contribution in [0, 0.1) is 5.92 Å². The first-order valence-corrected chi connectivity index (χ1v) is 10.5. The van der Waals surface area contributed by atoms with Gasteiger partial charge in [0.25, 0.3) is 0 Å². The van der Waals surface area contributed by atoms with Gasteiger partial charge in [0.2, 0.25) is 5.91 Å². The van der Waals surface area contributed by atoms with Gasteiger partial charge in [-0.3, -0.25) is 9.69 Å². The van der Waals surface area contributed by atoms with Crippen molar-refractivity contribution in [3.05, 3.63) is 10.6 Å². The summed E-state index contributed by atoms with van der Waals surface area (Å²) in [7, 11) is 0. The van der Waals surface area contributed by atoms with Gasteiger partial charge in [-0.15, -0.1) is 36.2 Å². The van der Waals surface area contributed by atoms with Crippen molar-refractivity contribution < 1.29 is 9.53 Å². The molecule has 0 aliphatic carbocycles. The molecule has 2 saturated heterocycles. The Bertz CT molecular complexity index is 656. The first-order valence-electron chi connectivity index (χ1n) is 9.70. The van der Waals surface area contributed by atoms with Crippen LogP contribution in [-0.2, 0) is 22.5 Å². The SMILES string of the molecule is Cl.Cl.Nc1nc2c(s1)CN(C(=O)[C@@H]1CC[C@H](N)CN(C3CCOCC3)C1)CC2. The molecular formula is C18H31Cl2N5O2S. The van der Waals surface area contributed by atoms with Crippen molar-refractivity contribution in [2.24, 2.45) is 11.7 Å². The Balaban J connectivity index is 0.00000140. The fraction of sp³-hybridized carbons (Fsp3) is 0.778. The molecule has 28 heavy (non-hydrogen) atoms. The molecule has 4 heterocycles. The Morgan fingerprint density at radius 3 is 2.64 bits per heavy atom. The van der Waals surface area contributed by atoms with E-state index in [0.717, 1.165) is 75.5 Å². The number of hydrogen-bond donors (Lipinski definition) is 2. The van der Waals surface area contributed by atoms with Crippen molar-refractivity contribution in [3.63, 3.8) is 0 Å². The van der Waals surface area contributed by atoms with Crippen LogP contribution in [0.4, 0.5) is 5.13 Å². The maximum absolute atomic E-state index is 13.2. The number of thiazole rings is 1. The van der Waals surface area contributed by atoms with E-state index < -0.39 is 0 Å². The fourth-order valence-corrected chi connectivity index (χ4v) is 5.36. The number of anilines is 1. The third kappa shape index (κ3) is 5.29. The van der Waals surface area contributed by atoms with Gasteiger partial charge in [-0.05, 0) is 25.7 Å². The lowest BCUT2D eigenvalue weighted by Gasteiger charge is -2.36. The molecular weight excluding hydrogens is 421 g/mol. The minimum absolute atomic E-state index is 0. The van der Waals surface area contributed by atoms with E-state index in [2.05, 4.69) is 9.88 Å². The van der Waals surface area contributed by atoms with Crippen molar-refractivity contribution in [2.75, 3.05) is 38.6 Å². The summed E-state index contributed by atoms with van der Waals surface area (Å²) >= 11 is 1.51. The van der Waals surface area contributed by atoms with Crippen molar-refractivity contribution in [1.29, 1.82) is 0 Å². The van der Waals surface area contributed by atoms with E-state index in [9.17, 15) is 4.79 Å². The summed E-state index contributed by atoms with van der Waals surface area (Å²) < 4.78 is 5.51. The first kappa shape index (κ1) is 23.6. The molecule has 10 heteroatoms. The number of ether oxygens (including phenoxy) is 1. The van der Waals surface area contributed by atoms with Crippen LogP contribution in [-0.4, -0.2) is 65.6 Å². The smallest absolute Gasteiger partial charge is 0.227 e. The summed E-state index contributed by atoms with van der Waals surface area (Å²) in [4.78, 5) is 23.2. The van der Waals surface area contributed by atoms with Gasteiger partial charge >= 0.3 is 0 Å². The van der Waals surface area contributed by atoms with Crippen molar-refractivity contribution in [2.45, 2.75) is 50.7 Å². The molecule has 4 rings (SSSR count). The zero-order valence-corrected chi connectivity index (χ0v) is 18.5. The van der Waals surface area contributed by atoms with Gasteiger partial charge in [-0.2, -0.15) is 0 Å². The number of nitrogens with zero attached hydrogens (tertiary/aromatic N) is 3. The molecule has 4 N–H and O–H groups in total. The van der Waals surface area contributed by atoms with Crippen LogP contribution in [0.2, 0.25) is 0 Å². The van der Waals surface area contributed by atoms with E-state index in [1.165, 1.54) is 11.3 Å².